The molecule has 2 aromatic rings. The molecule has 1 saturated heterocycles. The number of aromatic amines is 1. The van der Waals surface area contributed by atoms with Crippen LogP contribution in [0.2, 0.25) is 0 Å². The van der Waals surface area contributed by atoms with Gasteiger partial charge in [0, 0.05) is 28.6 Å². The molecule has 0 radical (unpaired) electrons. The number of fused-ring (bicyclic) bond motifs is 6. The first kappa shape index (κ1) is 8.82. The summed E-state index contributed by atoms with van der Waals surface area (Å²) >= 11 is 0. The van der Waals surface area contributed by atoms with E-state index in [2.05, 4.69) is 34.6 Å². The Morgan fingerprint density at radius 3 is 3.12 bits per heavy atom. The maximum absolute atomic E-state index is 3.64. The lowest BCUT2D eigenvalue weighted by Crippen LogP contribution is -2.41. The number of rotatable bonds is 0. The monoisotopic (exact) mass is 212 g/mol. The zero-order valence-corrected chi connectivity index (χ0v) is 9.29. The van der Waals surface area contributed by atoms with Crippen LogP contribution in [0.5, 0.6) is 0 Å². The van der Waals surface area contributed by atoms with Gasteiger partial charge in [-0.25, -0.2) is 0 Å². The summed E-state index contributed by atoms with van der Waals surface area (Å²) in [6.07, 6.45) is 3.81. The third-order valence-electron chi connectivity index (χ3n) is 4.20. The highest BCUT2D eigenvalue weighted by Crippen LogP contribution is 2.39. The predicted octanol–water partition coefficient (Wildman–Crippen LogP) is 2.56. The van der Waals surface area contributed by atoms with Gasteiger partial charge in [-0.05, 0) is 37.4 Å². The van der Waals surface area contributed by atoms with Crippen molar-refractivity contribution >= 4 is 10.9 Å². The lowest BCUT2D eigenvalue weighted by Gasteiger charge is -2.35. The van der Waals surface area contributed by atoms with Gasteiger partial charge in [-0.2, -0.15) is 0 Å². The van der Waals surface area contributed by atoms with Crippen molar-refractivity contribution < 1.29 is 0 Å². The predicted molar refractivity (Wildman–Crippen MR) is 65.8 cm³/mol. The van der Waals surface area contributed by atoms with E-state index in [1.54, 1.807) is 5.56 Å². The van der Waals surface area contributed by atoms with Gasteiger partial charge in [0.1, 0.15) is 0 Å². The van der Waals surface area contributed by atoms with Crippen LogP contribution in [0.25, 0.3) is 10.9 Å². The first-order valence-electron chi connectivity index (χ1n) is 6.24. The van der Waals surface area contributed by atoms with E-state index in [9.17, 15) is 0 Å². The molecule has 1 fully saturated rings. The van der Waals surface area contributed by atoms with Crippen LogP contribution in [0, 0.1) is 0 Å². The van der Waals surface area contributed by atoms with Crippen molar-refractivity contribution in [3.05, 3.63) is 35.5 Å². The summed E-state index contributed by atoms with van der Waals surface area (Å²) in [5.41, 5.74) is 4.42. The Balaban J connectivity index is 1.97. The van der Waals surface area contributed by atoms with Gasteiger partial charge in [0.25, 0.3) is 0 Å². The summed E-state index contributed by atoms with van der Waals surface area (Å²) in [5.74, 6) is 0.766. The largest absolute Gasteiger partial charge is 0.358 e. The molecule has 1 aliphatic carbocycles. The Morgan fingerprint density at radius 1 is 1.19 bits per heavy atom. The molecule has 82 valence electrons. The second kappa shape index (κ2) is 3.11. The standard InChI is InChI=1S/C14H16N2/c1-2-4-13-11(3-1)12-8-10-7-9(5-6-15-10)14(12)16-13/h1-4,9-10,15-16H,5-8H2/t9-,10?/m0/s1. The lowest BCUT2D eigenvalue weighted by atomic mass is 9.79. The Labute approximate surface area is 95.1 Å². The zero-order chi connectivity index (χ0) is 10.5. The van der Waals surface area contributed by atoms with Gasteiger partial charge in [-0.15, -0.1) is 0 Å². The van der Waals surface area contributed by atoms with E-state index in [0.29, 0.717) is 6.04 Å². The van der Waals surface area contributed by atoms with E-state index < -0.39 is 0 Å². The number of aromatic nitrogens is 1. The molecule has 0 amide bonds. The van der Waals surface area contributed by atoms with E-state index in [1.165, 1.54) is 42.4 Å². The fourth-order valence-electron chi connectivity index (χ4n) is 3.46. The third-order valence-corrected chi connectivity index (χ3v) is 4.20. The van der Waals surface area contributed by atoms with Crippen molar-refractivity contribution in [3.8, 4) is 0 Å². The van der Waals surface area contributed by atoms with Crippen LogP contribution in [0.4, 0.5) is 0 Å². The highest BCUT2D eigenvalue weighted by Gasteiger charge is 2.32. The molecule has 1 aromatic heterocycles. The topological polar surface area (TPSA) is 27.8 Å². The Morgan fingerprint density at radius 2 is 2.12 bits per heavy atom. The molecule has 2 atom stereocenters. The number of nitrogens with one attached hydrogen (secondary N) is 2. The Bertz CT molecular complexity index is 541. The molecule has 2 N–H and O–H groups in total. The minimum atomic E-state index is 0.713. The summed E-state index contributed by atoms with van der Waals surface area (Å²) in [4.78, 5) is 3.64. The quantitative estimate of drug-likeness (QED) is 0.690. The normalized spacial score (nSPS) is 28.0. The van der Waals surface area contributed by atoms with Gasteiger partial charge in [0.15, 0.2) is 0 Å². The second-order valence-electron chi connectivity index (χ2n) is 5.14. The van der Waals surface area contributed by atoms with Crippen molar-refractivity contribution in [2.24, 2.45) is 0 Å². The first-order valence-corrected chi connectivity index (χ1v) is 6.24. The molecule has 1 unspecified atom stereocenters. The minimum Gasteiger partial charge on any atom is -0.358 e. The van der Waals surface area contributed by atoms with Crippen molar-refractivity contribution in [1.82, 2.24) is 10.3 Å². The van der Waals surface area contributed by atoms with Crippen LogP contribution in [-0.2, 0) is 6.42 Å². The summed E-state index contributed by atoms with van der Waals surface area (Å²) in [5, 5.41) is 5.07. The molecule has 1 aromatic carbocycles. The van der Waals surface area contributed by atoms with Gasteiger partial charge in [-0.1, -0.05) is 18.2 Å². The minimum absolute atomic E-state index is 0.713. The number of piperidine rings is 1. The summed E-state index contributed by atoms with van der Waals surface area (Å²) in [6.45, 7) is 1.18. The lowest BCUT2D eigenvalue weighted by molar-refractivity contribution is 0.336. The zero-order valence-electron chi connectivity index (χ0n) is 9.29. The van der Waals surface area contributed by atoms with Crippen molar-refractivity contribution in [2.45, 2.75) is 31.2 Å². The SMILES string of the molecule is c1ccc2c3c([nH]c2c1)[C@H]1CCNC(C3)C1. The Hall–Kier alpha value is -1.28. The van der Waals surface area contributed by atoms with E-state index in [1.807, 2.05) is 0 Å². The average molecular weight is 212 g/mol. The molecule has 2 nitrogen and oxygen atoms in total. The van der Waals surface area contributed by atoms with Crippen molar-refractivity contribution in [3.63, 3.8) is 0 Å². The van der Waals surface area contributed by atoms with Crippen LogP contribution in [-0.4, -0.2) is 17.6 Å². The van der Waals surface area contributed by atoms with Gasteiger partial charge >= 0.3 is 0 Å². The van der Waals surface area contributed by atoms with Crippen LogP contribution in [0.3, 0.4) is 0 Å². The van der Waals surface area contributed by atoms with Crippen molar-refractivity contribution in [1.29, 1.82) is 0 Å². The summed E-state index contributed by atoms with van der Waals surface area (Å²) in [7, 11) is 0. The van der Waals surface area contributed by atoms with Gasteiger partial charge in [0.05, 0.1) is 0 Å². The molecule has 2 heterocycles. The van der Waals surface area contributed by atoms with E-state index >= 15 is 0 Å². The van der Waals surface area contributed by atoms with E-state index in [0.717, 1.165) is 5.92 Å². The maximum Gasteiger partial charge on any atom is 0.0459 e. The van der Waals surface area contributed by atoms with E-state index in [-0.39, 0.29) is 0 Å². The fourth-order valence-corrected chi connectivity index (χ4v) is 3.46. The second-order valence-corrected chi connectivity index (χ2v) is 5.14. The molecule has 2 heteroatoms. The van der Waals surface area contributed by atoms with Gasteiger partial charge in [0.2, 0.25) is 0 Å². The average Bonchev–Trinajstić information content (AvgIpc) is 2.69. The molecule has 2 bridgehead atoms. The molecule has 1 aliphatic heterocycles. The van der Waals surface area contributed by atoms with Crippen LogP contribution < -0.4 is 5.32 Å². The van der Waals surface area contributed by atoms with Crippen LogP contribution in [0.1, 0.15) is 30.0 Å². The highest BCUT2D eigenvalue weighted by atomic mass is 14.9. The smallest absolute Gasteiger partial charge is 0.0459 e. The molecular weight excluding hydrogens is 196 g/mol. The Kier molecular flexibility index (Phi) is 1.71. The number of H-pyrrole nitrogens is 1. The summed E-state index contributed by atoms with van der Waals surface area (Å²) in [6, 6.07) is 9.44. The molecule has 0 spiro atoms. The molecular formula is C14H16N2. The molecule has 2 aliphatic rings. The molecule has 16 heavy (non-hydrogen) atoms. The maximum atomic E-state index is 3.64. The van der Waals surface area contributed by atoms with Gasteiger partial charge in [-0.3, -0.25) is 0 Å². The number of benzene rings is 1. The number of para-hydroxylation sites is 1. The summed E-state index contributed by atoms with van der Waals surface area (Å²) < 4.78 is 0. The van der Waals surface area contributed by atoms with Crippen LogP contribution >= 0.6 is 0 Å². The van der Waals surface area contributed by atoms with E-state index in [4.69, 9.17) is 0 Å². The fraction of sp³-hybridized carbons (Fsp3) is 0.429. The third kappa shape index (κ3) is 1.11. The molecule has 0 saturated carbocycles. The number of hydrogen-bond donors (Lipinski definition) is 2. The van der Waals surface area contributed by atoms with Crippen molar-refractivity contribution in [2.75, 3.05) is 6.54 Å². The first-order chi connectivity index (χ1) is 7.92. The number of hydrogen-bond acceptors (Lipinski definition) is 1. The van der Waals surface area contributed by atoms with Gasteiger partial charge < -0.3 is 10.3 Å². The van der Waals surface area contributed by atoms with Crippen LogP contribution in [0.15, 0.2) is 24.3 Å². The molecule has 4 rings (SSSR count). The highest BCUT2D eigenvalue weighted by molar-refractivity contribution is 5.85.